The molecule has 21 heavy (non-hydrogen) atoms. The van der Waals surface area contributed by atoms with Crippen molar-refractivity contribution >= 4 is 46.5 Å². The van der Waals surface area contributed by atoms with Crippen LogP contribution in [0.1, 0.15) is 17.3 Å². The van der Waals surface area contributed by atoms with E-state index in [1.165, 1.54) is 31.3 Å². The van der Waals surface area contributed by atoms with Gasteiger partial charge in [0.15, 0.2) is 0 Å². The Balaban J connectivity index is 2.18. The van der Waals surface area contributed by atoms with Crippen LogP contribution in [0.3, 0.4) is 0 Å². The maximum absolute atomic E-state index is 12.1. The van der Waals surface area contributed by atoms with Crippen LogP contribution in [-0.4, -0.2) is 16.8 Å². The fraction of sp³-hybridized carbons (Fsp3) is 0.0714. The van der Waals surface area contributed by atoms with Gasteiger partial charge in [0, 0.05) is 23.7 Å². The van der Waals surface area contributed by atoms with Crippen LogP contribution in [0.2, 0.25) is 10.0 Å². The first-order chi connectivity index (χ1) is 9.95. The Morgan fingerprint density at radius 3 is 2.52 bits per heavy atom. The Bertz CT molecular complexity index is 704. The quantitative estimate of drug-likeness (QED) is 0.906. The lowest BCUT2D eigenvalue weighted by Gasteiger charge is -2.08. The molecule has 0 aliphatic rings. The second kappa shape index (κ2) is 6.56. The van der Waals surface area contributed by atoms with Crippen LogP contribution >= 0.6 is 23.2 Å². The Morgan fingerprint density at radius 1 is 1.10 bits per heavy atom. The van der Waals surface area contributed by atoms with E-state index < -0.39 is 0 Å². The van der Waals surface area contributed by atoms with E-state index in [4.69, 9.17) is 23.2 Å². The third kappa shape index (κ3) is 4.18. The van der Waals surface area contributed by atoms with Crippen molar-refractivity contribution < 1.29 is 9.59 Å². The molecule has 0 saturated heterocycles. The molecule has 2 aromatic rings. The second-order valence-electron chi connectivity index (χ2n) is 4.19. The zero-order valence-corrected chi connectivity index (χ0v) is 12.5. The van der Waals surface area contributed by atoms with Crippen molar-refractivity contribution in [2.24, 2.45) is 0 Å². The van der Waals surface area contributed by atoms with Crippen LogP contribution < -0.4 is 10.6 Å². The molecule has 5 nitrogen and oxygen atoms in total. The summed E-state index contributed by atoms with van der Waals surface area (Å²) in [6, 6.07) is 7.77. The number of halogens is 2. The summed E-state index contributed by atoms with van der Waals surface area (Å²) in [5.41, 5.74) is 0.795. The van der Waals surface area contributed by atoms with Crippen molar-refractivity contribution in [1.82, 2.24) is 4.98 Å². The number of carbonyl (C=O) groups excluding carboxylic acids is 2. The minimum Gasteiger partial charge on any atom is -0.321 e. The van der Waals surface area contributed by atoms with Crippen molar-refractivity contribution in [2.75, 3.05) is 10.6 Å². The van der Waals surface area contributed by atoms with Crippen LogP contribution in [0.4, 0.5) is 11.5 Å². The number of aromatic nitrogens is 1. The highest BCUT2D eigenvalue weighted by Gasteiger charge is 2.10. The number of carbonyl (C=O) groups is 2. The molecule has 0 bridgehead atoms. The smallest absolute Gasteiger partial charge is 0.255 e. The third-order valence-electron chi connectivity index (χ3n) is 2.51. The number of amides is 2. The molecule has 1 aromatic carbocycles. The van der Waals surface area contributed by atoms with Gasteiger partial charge in [0.2, 0.25) is 5.91 Å². The fourth-order valence-electron chi connectivity index (χ4n) is 1.61. The van der Waals surface area contributed by atoms with E-state index in [1.54, 1.807) is 12.1 Å². The molecular formula is C14H11Cl2N3O2. The predicted molar refractivity (Wildman–Crippen MR) is 83.0 cm³/mol. The first kappa shape index (κ1) is 15.3. The number of hydrogen-bond donors (Lipinski definition) is 2. The van der Waals surface area contributed by atoms with Crippen LogP contribution in [0, 0.1) is 0 Å². The van der Waals surface area contributed by atoms with Gasteiger partial charge in [-0.2, -0.15) is 0 Å². The molecule has 0 saturated carbocycles. The standard InChI is InChI=1S/C14H11Cl2N3O2/c1-8(20)18-13-6-9(4-5-17-13)14(21)19-12-3-2-10(15)7-11(12)16/h2-7H,1H3,(H,19,21)(H,17,18,20). The van der Waals surface area contributed by atoms with Crippen molar-refractivity contribution in [2.45, 2.75) is 6.92 Å². The fourth-order valence-corrected chi connectivity index (χ4v) is 2.06. The molecule has 0 aliphatic heterocycles. The highest BCUT2D eigenvalue weighted by molar-refractivity contribution is 6.36. The maximum atomic E-state index is 12.1. The number of nitrogens with zero attached hydrogens (tertiary/aromatic N) is 1. The first-order valence-electron chi connectivity index (χ1n) is 5.96. The van der Waals surface area contributed by atoms with E-state index in [1.807, 2.05) is 0 Å². The molecule has 2 N–H and O–H groups in total. The molecule has 0 aliphatic carbocycles. The van der Waals surface area contributed by atoms with Crippen LogP contribution in [0.25, 0.3) is 0 Å². The monoisotopic (exact) mass is 323 g/mol. The zero-order chi connectivity index (χ0) is 15.4. The molecule has 0 atom stereocenters. The molecule has 1 aromatic heterocycles. The number of pyridine rings is 1. The van der Waals surface area contributed by atoms with E-state index in [2.05, 4.69) is 15.6 Å². The molecule has 0 spiro atoms. The molecule has 0 radical (unpaired) electrons. The van der Waals surface area contributed by atoms with E-state index in [0.29, 0.717) is 27.1 Å². The first-order valence-corrected chi connectivity index (χ1v) is 6.71. The van der Waals surface area contributed by atoms with Crippen molar-refractivity contribution in [1.29, 1.82) is 0 Å². The topological polar surface area (TPSA) is 71.1 Å². The van der Waals surface area contributed by atoms with Crippen molar-refractivity contribution in [3.05, 3.63) is 52.1 Å². The lowest BCUT2D eigenvalue weighted by atomic mass is 10.2. The van der Waals surface area contributed by atoms with Gasteiger partial charge in [0.25, 0.3) is 5.91 Å². The van der Waals surface area contributed by atoms with Gasteiger partial charge in [-0.15, -0.1) is 0 Å². The maximum Gasteiger partial charge on any atom is 0.255 e. The molecule has 108 valence electrons. The van der Waals surface area contributed by atoms with Crippen molar-refractivity contribution in [3.8, 4) is 0 Å². The average molecular weight is 324 g/mol. The van der Waals surface area contributed by atoms with Gasteiger partial charge in [0.05, 0.1) is 10.7 Å². The number of hydrogen-bond acceptors (Lipinski definition) is 3. The summed E-state index contributed by atoms with van der Waals surface area (Å²) >= 11 is 11.8. The summed E-state index contributed by atoms with van der Waals surface area (Å²) in [6.07, 6.45) is 1.43. The second-order valence-corrected chi connectivity index (χ2v) is 5.03. The lowest BCUT2D eigenvalue weighted by molar-refractivity contribution is -0.114. The molecule has 0 unspecified atom stereocenters. The van der Waals surface area contributed by atoms with Crippen LogP contribution in [-0.2, 0) is 4.79 Å². The summed E-state index contributed by atoms with van der Waals surface area (Å²) in [6.45, 7) is 1.36. The van der Waals surface area contributed by atoms with Gasteiger partial charge in [-0.25, -0.2) is 4.98 Å². The summed E-state index contributed by atoms with van der Waals surface area (Å²) in [5, 5.41) is 5.99. The van der Waals surface area contributed by atoms with Crippen LogP contribution in [0.15, 0.2) is 36.5 Å². The number of nitrogens with one attached hydrogen (secondary N) is 2. The predicted octanol–water partition coefficient (Wildman–Crippen LogP) is 3.60. The number of rotatable bonds is 3. The van der Waals surface area contributed by atoms with E-state index in [0.717, 1.165) is 0 Å². The van der Waals surface area contributed by atoms with E-state index in [-0.39, 0.29) is 11.8 Å². The zero-order valence-electron chi connectivity index (χ0n) is 11.0. The minimum atomic E-state index is -0.367. The Labute approximate surface area is 131 Å². The molecule has 2 amide bonds. The number of anilines is 2. The highest BCUT2D eigenvalue weighted by atomic mass is 35.5. The number of benzene rings is 1. The normalized spacial score (nSPS) is 10.0. The Kier molecular flexibility index (Phi) is 4.77. The van der Waals surface area contributed by atoms with E-state index in [9.17, 15) is 9.59 Å². The van der Waals surface area contributed by atoms with Gasteiger partial charge < -0.3 is 10.6 Å². The Morgan fingerprint density at radius 2 is 1.86 bits per heavy atom. The summed E-state index contributed by atoms with van der Waals surface area (Å²) in [4.78, 5) is 27.1. The van der Waals surface area contributed by atoms with Gasteiger partial charge >= 0.3 is 0 Å². The van der Waals surface area contributed by atoms with Gasteiger partial charge in [-0.1, -0.05) is 23.2 Å². The van der Waals surface area contributed by atoms with Gasteiger partial charge in [-0.3, -0.25) is 9.59 Å². The Hall–Kier alpha value is -2.11. The molecule has 7 heteroatoms. The lowest BCUT2D eigenvalue weighted by Crippen LogP contribution is -2.14. The average Bonchev–Trinajstić information content (AvgIpc) is 2.41. The van der Waals surface area contributed by atoms with Gasteiger partial charge in [0.1, 0.15) is 5.82 Å². The molecule has 0 fully saturated rings. The van der Waals surface area contributed by atoms with E-state index >= 15 is 0 Å². The minimum absolute atomic E-state index is 0.263. The largest absolute Gasteiger partial charge is 0.321 e. The summed E-state index contributed by atoms with van der Waals surface area (Å²) in [7, 11) is 0. The van der Waals surface area contributed by atoms with Crippen LogP contribution in [0.5, 0.6) is 0 Å². The molecule has 2 rings (SSSR count). The summed E-state index contributed by atoms with van der Waals surface area (Å²) < 4.78 is 0. The van der Waals surface area contributed by atoms with Crippen molar-refractivity contribution in [3.63, 3.8) is 0 Å². The van der Waals surface area contributed by atoms with Gasteiger partial charge in [-0.05, 0) is 30.3 Å². The molecular weight excluding hydrogens is 313 g/mol. The molecule has 1 heterocycles. The summed E-state index contributed by atoms with van der Waals surface area (Å²) in [5.74, 6) is -0.327. The SMILES string of the molecule is CC(=O)Nc1cc(C(=O)Nc2ccc(Cl)cc2Cl)ccn1. The highest BCUT2D eigenvalue weighted by Crippen LogP contribution is 2.25. The third-order valence-corrected chi connectivity index (χ3v) is 3.05.